The monoisotopic (exact) mass is 402 g/mol. The van der Waals surface area contributed by atoms with Crippen LogP contribution in [0.2, 0.25) is 5.02 Å². The van der Waals surface area contributed by atoms with Crippen molar-refractivity contribution < 1.29 is 18.7 Å². The van der Waals surface area contributed by atoms with E-state index in [0.717, 1.165) is 0 Å². The molecule has 2 aromatic rings. The maximum absolute atomic E-state index is 12.3. The average molecular weight is 403 g/mol. The van der Waals surface area contributed by atoms with E-state index < -0.39 is 11.8 Å². The topological polar surface area (TPSA) is 108 Å². The fraction of sp³-hybridized carbons (Fsp3) is 0.316. The number of furan rings is 1. The van der Waals surface area contributed by atoms with Crippen LogP contribution in [-0.4, -0.2) is 49.6 Å². The number of morpholine rings is 1. The molecule has 1 aromatic heterocycles. The zero-order chi connectivity index (χ0) is 19.9. The molecule has 0 spiro atoms. The van der Waals surface area contributed by atoms with E-state index in [1.807, 2.05) is 12.1 Å². The van der Waals surface area contributed by atoms with Crippen LogP contribution < -0.4 is 10.6 Å². The van der Waals surface area contributed by atoms with E-state index in [0.29, 0.717) is 37.1 Å². The highest BCUT2D eigenvalue weighted by atomic mass is 35.5. The van der Waals surface area contributed by atoms with E-state index in [1.165, 1.54) is 18.2 Å². The molecular formula is C19H19ClN4O4. The van der Waals surface area contributed by atoms with Crippen molar-refractivity contribution >= 4 is 29.1 Å². The van der Waals surface area contributed by atoms with Gasteiger partial charge >= 0.3 is 11.8 Å². The first-order valence-electron chi connectivity index (χ1n) is 8.72. The van der Waals surface area contributed by atoms with Crippen molar-refractivity contribution in [2.45, 2.75) is 6.04 Å². The zero-order valence-electron chi connectivity index (χ0n) is 15.0. The largest absolute Gasteiger partial charge is 0.468 e. The van der Waals surface area contributed by atoms with Gasteiger partial charge in [-0.15, -0.1) is 0 Å². The number of hydrogen-bond donors (Lipinski definition) is 2. The minimum atomic E-state index is -0.876. The maximum atomic E-state index is 12.3. The Morgan fingerprint density at radius 2 is 2.04 bits per heavy atom. The number of nitrogens with one attached hydrogen (secondary N) is 2. The molecule has 2 N–H and O–H groups in total. The Labute approximate surface area is 167 Å². The number of rotatable bonds is 5. The Morgan fingerprint density at radius 1 is 1.25 bits per heavy atom. The van der Waals surface area contributed by atoms with Gasteiger partial charge < -0.3 is 19.8 Å². The minimum Gasteiger partial charge on any atom is -0.468 e. The molecule has 0 saturated carbocycles. The highest BCUT2D eigenvalue weighted by molar-refractivity contribution is 6.40. The molecule has 1 aliphatic heterocycles. The van der Waals surface area contributed by atoms with Gasteiger partial charge in [-0.3, -0.25) is 14.5 Å². The summed E-state index contributed by atoms with van der Waals surface area (Å²) >= 11 is 5.90. The van der Waals surface area contributed by atoms with E-state index in [9.17, 15) is 9.59 Å². The molecule has 8 nitrogen and oxygen atoms in total. The second-order valence-electron chi connectivity index (χ2n) is 6.15. The Morgan fingerprint density at radius 3 is 2.71 bits per heavy atom. The van der Waals surface area contributed by atoms with E-state index in [2.05, 4.69) is 15.5 Å². The summed E-state index contributed by atoms with van der Waals surface area (Å²) in [7, 11) is 0. The summed E-state index contributed by atoms with van der Waals surface area (Å²) in [6.45, 7) is 2.78. The van der Waals surface area contributed by atoms with Crippen molar-refractivity contribution in [2.24, 2.45) is 0 Å². The van der Waals surface area contributed by atoms with Gasteiger partial charge in [0.1, 0.15) is 11.8 Å². The van der Waals surface area contributed by atoms with Crippen molar-refractivity contribution in [3.63, 3.8) is 0 Å². The number of nitrogens with zero attached hydrogens (tertiary/aromatic N) is 2. The van der Waals surface area contributed by atoms with E-state index in [4.69, 9.17) is 26.0 Å². The van der Waals surface area contributed by atoms with Crippen LogP contribution in [0.25, 0.3) is 0 Å². The lowest BCUT2D eigenvalue weighted by Gasteiger charge is -2.33. The minimum absolute atomic E-state index is 0.186. The van der Waals surface area contributed by atoms with Crippen molar-refractivity contribution in [3.05, 3.63) is 52.9 Å². The van der Waals surface area contributed by atoms with Crippen LogP contribution >= 0.6 is 11.6 Å². The van der Waals surface area contributed by atoms with Crippen LogP contribution in [0.15, 0.2) is 41.0 Å². The predicted octanol–water partition coefficient (Wildman–Crippen LogP) is 1.93. The van der Waals surface area contributed by atoms with E-state index >= 15 is 0 Å². The first-order chi connectivity index (χ1) is 13.6. The summed E-state index contributed by atoms with van der Waals surface area (Å²) in [6, 6.07) is 9.77. The number of nitriles is 1. The SMILES string of the molecule is N#Cc1ccc(Cl)cc1NC(=O)C(=O)NCC(c1ccco1)N1CCOCC1. The molecular weight excluding hydrogens is 384 g/mol. The van der Waals surface area contributed by atoms with Gasteiger partial charge in [-0.25, -0.2) is 0 Å². The molecule has 1 saturated heterocycles. The first-order valence-corrected chi connectivity index (χ1v) is 9.10. The second kappa shape index (κ2) is 9.37. The fourth-order valence-electron chi connectivity index (χ4n) is 2.95. The third-order valence-electron chi connectivity index (χ3n) is 4.37. The van der Waals surface area contributed by atoms with Crippen LogP contribution in [-0.2, 0) is 14.3 Å². The molecule has 0 radical (unpaired) electrons. The van der Waals surface area contributed by atoms with Gasteiger partial charge in [0.05, 0.1) is 36.8 Å². The summed E-state index contributed by atoms with van der Waals surface area (Å²) in [4.78, 5) is 26.6. The van der Waals surface area contributed by atoms with Gasteiger partial charge in [0, 0.05) is 24.7 Å². The van der Waals surface area contributed by atoms with Gasteiger partial charge in [0.2, 0.25) is 0 Å². The summed E-state index contributed by atoms with van der Waals surface area (Å²) in [6.07, 6.45) is 1.57. The van der Waals surface area contributed by atoms with E-state index in [-0.39, 0.29) is 23.8 Å². The third-order valence-corrected chi connectivity index (χ3v) is 4.61. The molecule has 0 aliphatic carbocycles. The molecule has 2 heterocycles. The molecule has 2 amide bonds. The van der Waals surface area contributed by atoms with Crippen molar-refractivity contribution in [1.82, 2.24) is 10.2 Å². The molecule has 1 atom stereocenters. The fourth-order valence-corrected chi connectivity index (χ4v) is 3.12. The van der Waals surface area contributed by atoms with Crippen molar-refractivity contribution in [1.29, 1.82) is 5.26 Å². The number of hydrogen-bond acceptors (Lipinski definition) is 6. The molecule has 1 fully saturated rings. The Hall–Kier alpha value is -2.86. The standard InChI is InChI=1S/C19H19ClN4O4/c20-14-4-3-13(11-21)15(10-14)23-19(26)18(25)22-12-16(17-2-1-7-28-17)24-5-8-27-9-6-24/h1-4,7,10,16H,5-6,8-9,12H2,(H,22,25)(H,23,26). The molecule has 28 heavy (non-hydrogen) atoms. The van der Waals surface area contributed by atoms with E-state index in [1.54, 1.807) is 12.3 Å². The van der Waals surface area contributed by atoms with Crippen LogP contribution in [0.5, 0.6) is 0 Å². The van der Waals surface area contributed by atoms with Crippen LogP contribution in [0, 0.1) is 11.3 Å². The second-order valence-corrected chi connectivity index (χ2v) is 6.58. The summed E-state index contributed by atoms with van der Waals surface area (Å²) in [5.74, 6) is -0.989. The predicted molar refractivity (Wildman–Crippen MR) is 102 cm³/mol. The molecule has 1 unspecified atom stereocenters. The smallest absolute Gasteiger partial charge is 0.313 e. The van der Waals surface area contributed by atoms with Gasteiger partial charge in [-0.1, -0.05) is 11.6 Å². The first kappa shape index (κ1) is 19.9. The molecule has 146 valence electrons. The van der Waals surface area contributed by atoms with Gasteiger partial charge in [-0.05, 0) is 30.3 Å². The van der Waals surface area contributed by atoms with Crippen molar-refractivity contribution in [2.75, 3.05) is 38.2 Å². The zero-order valence-corrected chi connectivity index (χ0v) is 15.7. The number of amides is 2. The lowest BCUT2D eigenvalue weighted by Crippen LogP contribution is -2.45. The normalized spacial score (nSPS) is 15.4. The summed E-state index contributed by atoms with van der Waals surface area (Å²) in [5, 5.41) is 14.5. The number of halogens is 1. The van der Waals surface area contributed by atoms with Gasteiger partial charge in [0.15, 0.2) is 0 Å². The number of benzene rings is 1. The van der Waals surface area contributed by atoms with Crippen LogP contribution in [0.4, 0.5) is 5.69 Å². The Kier molecular flexibility index (Phi) is 6.66. The highest BCUT2D eigenvalue weighted by Gasteiger charge is 2.26. The number of anilines is 1. The molecule has 9 heteroatoms. The lowest BCUT2D eigenvalue weighted by molar-refractivity contribution is -0.136. The summed E-state index contributed by atoms with van der Waals surface area (Å²) in [5.41, 5.74) is 0.401. The van der Waals surface area contributed by atoms with Gasteiger partial charge in [-0.2, -0.15) is 5.26 Å². The van der Waals surface area contributed by atoms with Crippen LogP contribution in [0.3, 0.4) is 0 Å². The Balaban J connectivity index is 1.63. The van der Waals surface area contributed by atoms with Crippen molar-refractivity contribution in [3.8, 4) is 6.07 Å². The molecule has 0 bridgehead atoms. The quantitative estimate of drug-likeness (QED) is 0.740. The third kappa shape index (κ3) is 4.89. The highest BCUT2D eigenvalue weighted by Crippen LogP contribution is 2.22. The average Bonchev–Trinajstić information content (AvgIpc) is 3.23. The molecule has 1 aliphatic rings. The number of carbonyl (C=O) groups excluding carboxylic acids is 2. The Bertz CT molecular complexity index is 873. The molecule has 3 rings (SSSR count). The van der Waals surface area contributed by atoms with Gasteiger partial charge in [0.25, 0.3) is 0 Å². The molecule has 1 aromatic carbocycles. The van der Waals surface area contributed by atoms with Crippen LogP contribution in [0.1, 0.15) is 17.4 Å². The lowest BCUT2D eigenvalue weighted by atomic mass is 10.1. The maximum Gasteiger partial charge on any atom is 0.313 e. The summed E-state index contributed by atoms with van der Waals surface area (Å²) < 4.78 is 10.9. The number of carbonyl (C=O) groups is 2. The number of ether oxygens (including phenoxy) is 1.